The number of hydrogen-bond acceptors (Lipinski definition) is 3. The zero-order valence-corrected chi connectivity index (χ0v) is 4.46. The van der Waals surface area contributed by atoms with Crippen LogP contribution >= 0.6 is 0 Å². The summed E-state index contributed by atoms with van der Waals surface area (Å²) in [6, 6.07) is 2.34. The largest absolute Gasteiger partial charge is 0.306 e. The van der Waals surface area contributed by atoms with E-state index in [1.54, 1.807) is 6.21 Å². The van der Waals surface area contributed by atoms with Gasteiger partial charge in [0.05, 0.1) is 18.5 Å². The summed E-state index contributed by atoms with van der Waals surface area (Å²) in [4.78, 5) is 0. The van der Waals surface area contributed by atoms with E-state index in [0.717, 1.165) is 6.42 Å². The van der Waals surface area contributed by atoms with E-state index in [2.05, 4.69) is 16.6 Å². The standard InChI is InChI=1S/C5H7N3/c6-3-1-5-2-4-7-8-5/h4-5,8H,1-2H2. The first-order valence-electron chi connectivity index (χ1n) is 2.57. The maximum atomic E-state index is 8.18. The summed E-state index contributed by atoms with van der Waals surface area (Å²) in [5.74, 6) is 0. The molecule has 42 valence electrons. The molecule has 0 spiro atoms. The molecule has 0 fully saturated rings. The highest BCUT2D eigenvalue weighted by Gasteiger charge is 2.07. The van der Waals surface area contributed by atoms with Crippen molar-refractivity contribution in [1.82, 2.24) is 5.43 Å². The van der Waals surface area contributed by atoms with Crippen molar-refractivity contribution in [3.05, 3.63) is 0 Å². The van der Waals surface area contributed by atoms with Crippen LogP contribution in [0.15, 0.2) is 5.10 Å². The van der Waals surface area contributed by atoms with E-state index in [4.69, 9.17) is 5.26 Å². The Labute approximate surface area is 48.0 Å². The molecule has 1 atom stereocenters. The van der Waals surface area contributed by atoms with E-state index in [1.165, 1.54) is 0 Å². The Hall–Kier alpha value is -1.04. The van der Waals surface area contributed by atoms with Crippen molar-refractivity contribution in [1.29, 1.82) is 5.26 Å². The summed E-state index contributed by atoms with van der Waals surface area (Å²) < 4.78 is 0. The van der Waals surface area contributed by atoms with Gasteiger partial charge in [0.25, 0.3) is 0 Å². The molecule has 0 bridgehead atoms. The predicted molar refractivity (Wildman–Crippen MR) is 30.3 cm³/mol. The third-order valence-corrected chi connectivity index (χ3v) is 1.08. The summed E-state index contributed by atoms with van der Waals surface area (Å²) in [6.45, 7) is 0. The second-order valence-electron chi connectivity index (χ2n) is 1.74. The third kappa shape index (κ3) is 0.969. The Morgan fingerprint density at radius 2 is 2.88 bits per heavy atom. The van der Waals surface area contributed by atoms with Gasteiger partial charge in [0.1, 0.15) is 0 Å². The van der Waals surface area contributed by atoms with Crippen LogP contribution in [-0.2, 0) is 0 Å². The molecule has 0 aliphatic carbocycles. The Kier molecular flexibility index (Phi) is 1.48. The topological polar surface area (TPSA) is 48.2 Å². The summed E-state index contributed by atoms with van der Waals surface area (Å²) in [5.41, 5.74) is 2.80. The van der Waals surface area contributed by atoms with Gasteiger partial charge in [-0.05, 0) is 0 Å². The molecule has 0 aromatic heterocycles. The maximum absolute atomic E-state index is 8.18. The zero-order valence-electron chi connectivity index (χ0n) is 4.46. The average Bonchev–Trinajstić information content (AvgIpc) is 2.19. The minimum atomic E-state index is 0.278. The number of nitriles is 1. The van der Waals surface area contributed by atoms with Gasteiger partial charge in [-0.15, -0.1) is 0 Å². The minimum absolute atomic E-state index is 0.278. The van der Waals surface area contributed by atoms with Gasteiger partial charge < -0.3 is 5.43 Å². The van der Waals surface area contributed by atoms with Crippen LogP contribution in [0.1, 0.15) is 12.8 Å². The molecule has 0 amide bonds. The molecule has 0 saturated heterocycles. The molecule has 1 unspecified atom stereocenters. The lowest BCUT2D eigenvalue weighted by molar-refractivity contribution is 0.597. The number of nitrogens with zero attached hydrogens (tertiary/aromatic N) is 2. The Morgan fingerprint density at radius 1 is 2.00 bits per heavy atom. The Bertz CT molecular complexity index is 125. The summed E-state index contributed by atoms with van der Waals surface area (Å²) >= 11 is 0. The molecule has 0 radical (unpaired) electrons. The molecule has 0 aromatic carbocycles. The lowest BCUT2D eigenvalue weighted by Gasteiger charge is -2.00. The first-order valence-corrected chi connectivity index (χ1v) is 2.57. The van der Waals surface area contributed by atoms with Crippen LogP contribution in [0.3, 0.4) is 0 Å². The number of hydrazone groups is 1. The van der Waals surface area contributed by atoms with Gasteiger partial charge in [-0.3, -0.25) is 0 Å². The molecule has 8 heavy (non-hydrogen) atoms. The third-order valence-electron chi connectivity index (χ3n) is 1.08. The van der Waals surface area contributed by atoms with Crippen molar-refractivity contribution >= 4 is 6.21 Å². The van der Waals surface area contributed by atoms with Crippen LogP contribution in [0.2, 0.25) is 0 Å². The van der Waals surface area contributed by atoms with E-state index in [1.807, 2.05) is 0 Å². The Balaban J connectivity index is 2.22. The Morgan fingerprint density at radius 3 is 3.38 bits per heavy atom. The smallest absolute Gasteiger partial charge is 0.0644 e. The highest BCUT2D eigenvalue weighted by molar-refractivity contribution is 5.59. The first-order chi connectivity index (χ1) is 3.93. The van der Waals surface area contributed by atoms with Gasteiger partial charge in [0, 0.05) is 12.6 Å². The minimum Gasteiger partial charge on any atom is -0.306 e. The molecule has 3 heteroatoms. The first kappa shape index (κ1) is 5.10. The normalized spacial score (nSPS) is 24.6. The highest BCUT2D eigenvalue weighted by atomic mass is 15.3. The monoisotopic (exact) mass is 109 g/mol. The predicted octanol–water partition coefficient (Wildman–Crippen LogP) is 0.248. The van der Waals surface area contributed by atoms with Crippen LogP contribution in [0.5, 0.6) is 0 Å². The summed E-state index contributed by atoms with van der Waals surface area (Å²) in [6.07, 6.45) is 3.25. The SMILES string of the molecule is N#CCC1CC=NN1. The molecule has 1 aliphatic rings. The fraction of sp³-hybridized carbons (Fsp3) is 0.600. The van der Waals surface area contributed by atoms with Gasteiger partial charge in [0.15, 0.2) is 0 Å². The fourth-order valence-corrected chi connectivity index (χ4v) is 0.630. The molecule has 0 aromatic rings. The zero-order chi connectivity index (χ0) is 5.82. The van der Waals surface area contributed by atoms with Crippen molar-refractivity contribution in [2.45, 2.75) is 18.9 Å². The lowest BCUT2D eigenvalue weighted by Crippen LogP contribution is -2.17. The molecule has 1 heterocycles. The van der Waals surface area contributed by atoms with Crippen molar-refractivity contribution in [2.24, 2.45) is 5.10 Å². The fourth-order valence-electron chi connectivity index (χ4n) is 0.630. The van der Waals surface area contributed by atoms with E-state index in [0.29, 0.717) is 6.42 Å². The van der Waals surface area contributed by atoms with Gasteiger partial charge in [0.2, 0.25) is 0 Å². The van der Waals surface area contributed by atoms with Crippen molar-refractivity contribution in [3.63, 3.8) is 0 Å². The highest BCUT2D eigenvalue weighted by Crippen LogP contribution is 1.98. The van der Waals surface area contributed by atoms with E-state index in [-0.39, 0.29) is 6.04 Å². The number of nitrogens with one attached hydrogen (secondary N) is 1. The lowest BCUT2D eigenvalue weighted by atomic mass is 10.2. The number of rotatable bonds is 1. The number of hydrogen-bond donors (Lipinski definition) is 1. The van der Waals surface area contributed by atoms with Gasteiger partial charge in [-0.1, -0.05) is 0 Å². The van der Waals surface area contributed by atoms with Crippen molar-refractivity contribution in [3.8, 4) is 6.07 Å². The van der Waals surface area contributed by atoms with Crippen LogP contribution in [0, 0.1) is 11.3 Å². The van der Waals surface area contributed by atoms with Crippen LogP contribution < -0.4 is 5.43 Å². The summed E-state index contributed by atoms with van der Waals surface area (Å²) in [5, 5.41) is 11.9. The molecule has 3 nitrogen and oxygen atoms in total. The molecule has 1 rings (SSSR count). The van der Waals surface area contributed by atoms with Crippen LogP contribution in [0.25, 0.3) is 0 Å². The molecule has 1 N–H and O–H groups in total. The second-order valence-corrected chi connectivity index (χ2v) is 1.74. The molecular formula is C5H7N3. The second kappa shape index (κ2) is 2.31. The maximum Gasteiger partial charge on any atom is 0.0644 e. The van der Waals surface area contributed by atoms with E-state index in [9.17, 15) is 0 Å². The van der Waals surface area contributed by atoms with Crippen molar-refractivity contribution < 1.29 is 0 Å². The van der Waals surface area contributed by atoms with E-state index < -0.39 is 0 Å². The average molecular weight is 109 g/mol. The molecule has 0 saturated carbocycles. The van der Waals surface area contributed by atoms with E-state index >= 15 is 0 Å². The van der Waals surface area contributed by atoms with Gasteiger partial charge in [-0.25, -0.2) is 0 Å². The van der Waals surface area contributed by atoms with Crippen LogP contribution in [0.4, 0.5) is 0 Å². The van der Waals surface area contributed by atoms with Crippen LogP contribution in [-0.4, -0.2) is 12.3 Å². The molecule has 1 aliphatic heterocycles. The quantitative estimate of drug-likeness (QED) is 0.524. The summed E-state index contributed by atoms with van der Waals surface area (Å²) in [7, 11) is 0. The van der Waals surface area contributed by atoms with Gasteiger partial charge in [-0.2, -0.15) is 10.4 Å². The van der Waals surface area contributed by atoms with Gasteiger partial charge >= 0.3 is 0 Å². The molecular weight excluding hydrogens is 102 g/mol. The van der Waals surface area contributed by atoms with Crippen molar-refractivity contribution in [2.75, 3.05) is 0 Å².